The fourth-order valence-electron chi connectivity index (χ4n) is 2.50. The highest BCUT2D eigenvalue weighted by Gasteiger charge is 2.15. The van der Waals surface area contributed by atoms with Crippen LogP contribution < -0.4 is 10.1 Å². The third-order valence-electron chi connectivity index (χ3n) is 4.07. The molecule has 0 bridgehead atoms. The van der Waals surface area contributed by atoms with Gasteiger partial charge in [-0.1, -0.05) is 29.3 Å². The first kappa shape index (κ1) is 23.2. The highest BCUT2D eigenvalue weighted by atomic mass is 35.5. The molecule has 32 heavy (non-hydrogen) atoms. The third kappa shape index (κ3) is 5.82. The molecule has 0 saturated carbocycles. The number of carbonyl (C=O) groups is 1. The van der Waals surface area contributed by atoms with Crippen molar-refractivity contribution in [1.29, 1.82) is 0 Å². The number of hydrogen-bond acceptors (Lipinski definition) is 6. The van der Waals surface area contributed by atoms with Gasteiger partial charge in [0.15, 0.2) is 0 Å². The van der Waals surface area contributed by atoms with Gasteiger partial charge in [0.1, 0.15) is 5.02 Å². The topological polar surface area (TPSA) is 131 Å². The molecule has 0 aliphatic carbocycles. The number of rotatable bonds is 7. The SMILES string of the molecule is O=C(N/N=C/c1ccc(Cl)c([N+](=O)[O-])c1)c1ccc(NS(=O)(=O)c2ccc(Cl)cc2)cc1. The second-order valence-electron chi connectivity index (χ2n) is 6.30. The van der Waals surface area contributed by atoms with Crippen LogP contribution in [0, 0.1) is 10.1 Å². The molecular formula is C20H14Cl2N4O5S. The van der Waals surface area contributed by atoms with Gasteiger partial charge in [-0.05, 0) is 54.6 Å². The zero-order chi connectivity index (χ0) is 23.3. The van der Waals surface area contributed by atoms with Crippen molar-refractivity contribution in [3.8, 4) is 0 Å². The van der Waals surface area contributed by atoms with Gasteiger partial charge in [-0.3, -0.25) is 19.6 Å². The van der Waals surface area contributed by atoms with Gasteiger partial charge >= 0.3 is 0 Å². The van der Waals surface area contributed by atoms with Crippen LogP contribution in [0.4, 0.5) is 11.4 Å². The minimum absolute atomic E-state index is 0.0111. The summed E-state index contributed by atoms with van der Waals surface area (Å²) in [5.41, 5.74) is 2.85. The van der Waals surface area contributed by atoms with Crippen LogP contribution in [-0.2, 0) is 10.0 Å². The first-order chi connectivity index (χ1) is 15.2. The van der Waals surface area contributed by atoms with Gasteiger partial charge in [0.25, 0.3) is 21.6 Å². The summed E-state index contributed by atoms with van der Waals surface area (Å²) in [7, 11) is -3.81. The van der Waals surface area contributed by atoms with E-state index in [1.807, 2.05) is 0 Å². The Morgan fingerprint density at radius 3 is 2.28 bits per heavy atom. The maximum atomic E-state index is 12.4. The van der Waals surface area contributed by atoms with Crippen LogP contribution in [-0.4, -0.2) is 25.5 Å². The predicted octanol–water partition coefficient (Wildman–Crippen LogP) is 4.47. The van der Waals surface area contributed by atoms with Crippen LogP contribution in [0.25, 0.3) is 0 Å². The van der Waals surface area contributed by atoms with E-state index in [0.717, 1.165) is 0 Å². The Bertz CT molecular complexity index is 1290. The van der Waals surface area contributed by atoms with E-state index in [1.165, 1.54) is 72.9 Å². The summed E-state index contributed by atoms with van der Waals surface area (Å²) in [5.74, 6) is -0.558. The van der Waals surface area contributed by atoms with Gasteiger partial charge in [0.2, 0.25) is 0 Å². The summed E-state index contributed by atoms with van der Waals surface area (Å²) in [6.45, 7) is 0. The molecule has 0 atom stereocenters. The van der Waals surface area contributed by atoms with Crippen molar-refractivity contribution in [2.45, 2.75) is 4.90 Å². The second kappa shape index (κ2) is 9.77. The lowest BCUT2D eigenvalue weighted by molar-refractivity contribution is -0.384. The molecule has 1 amide bonds. The fourth-order valence-corrected chi connectivity index (χ4v) is 3.87. The number of nitrogens with zero attached hydrogens (tertiary/aromatic N) is 2. The molecule has 2 N–H and O–H groups in total. The number of nitro groups is 1. The largest absolute Gasteiger partial charge is 0.288 e. The van der Waals surface area contributed by atoms with E-state index in [2.05, 4.69) is 15.2 Å². The summed E-state index contributed by atoms with van der Waals surface area (Å²) in [6.07, 6.45) is 1.23. The lowest BCUT2D eigenvalue weighted by atomic mass is 10.2. The van der Waals surface area contributed by atoms with Crippen LogP contribution >= 0.6 is 23.2 Å². The quantitative estimate of drug-likeness (QED) is 0.285. The smallest absolute Gasteiger partial charge is 0.280 e. The van der Waals surface area contributed by atoms with Gasteiger partial charge in [-0.2, -0.15) is 5.10 Å². The number of sulfonamides is 1. The standard InChI is InChI=1S/C20H14Cl2N4O5S/c21-15-4-8-17(9-5-15)32(30,31)25-16-6-2-14(3-7-16)20(27)24-23-12-13-1-10-18(22)19(11-13)26(28)29/h1-12,25H,(H,24,27)/b23-12+. The van der Waals surface area contributed by atoms with E-state index < -0.39 is 20.9 Å². The summed E-state index contributed by atoms with van der Waals surface area (Å²) in [5, 5.41) is 15.1. The Balaban J connectivity index is 1.64. The number of carbonyl (C=O) groups excluding carboxylic acids is 1. The van der Waals surface area contributed by atoms with Crippen molar-refractivity contribution in [2.24, 2.45) is 5.10 Å². The van der Waals surface area contributed by atoms with Gasteiger partial charge in [0, 0.05) is 27.9 Å². The van der Waals surface area contributed by atoms with Crippen molar-refractivity contribution in [1.82, 2.24) is 5.43 Å². The Hall–Kier alpha value is -3.47. The minimum atomic E-state index is -3.81. The average molecular weight is 493 g/mol. The zero-order valence-electron chi connectivity index (χ0n) is 16.0. The molecule has 3 rings (SSSR count). The predicted molar refractivity (Wildman–Crippen MR) is 122 cm³/mol. The first-order valence-electron chi connectivity index (χ1n) is 8.81. The molecule has 0 aliphatic rings. The Morgan fingerprint density at radius 2 is 1.66 bits per heavy atom. The molecule has 164 valence electrons. The number of halogens is 2. The third-order valence-corrected chi connectivity index (χ3v) is 6.04. The summed E-state index contributed by atoms with van der Waals surface area (Å²) in [6, 6.07) is 15.4. The minimum Gasteiger partial charge on any atom is -0.280 e. The number of hydrazone groups is 1. The molecule has 0 aliphatic heterocycles. The lowest BCUT2D eigenvalue weighted by Crippen LogP contribution is -2.18. The summed E-state index contributed by atoms with van der Waals surface area (Å²) >= 11 is 11.5. The molecule has 12 heteroatoms. The monoisotopic (exact) mass is 492 g/mol. The molecule has 0 unspecified atom stereocenters. The zero-order valence-corrected chi connectivity index (χ0v) is 18.4. The number of benzene rings is 3. The lowest BCUT2D eigenvalue weighted by Gasteiger charge is -2.08. The molecule has 3 aromatic carbocycles. The number of hydrogen-bond donors (Lipinski definition) is 2. The molecule has 0 radical (unpaired) electrons. The van der Waals surface area contributed by atoms with Gasteiger partial charge in [-0.15, -0.1) is 0 Å². The van der Waals surface area contributed by atoms with Crippen LogP contribution in [0.15, 0.2) is 76.7 Å². The van der Waals surface area contributed by atoms with Crippen LogP contribution in [0.5, 0.6) is 0 Å². The molecule has 0 spiro atoms. The van der Waals surface area contributed by atoms with Crippen molar-refractivity contribution in [3.63, 3.8) is 0 Å². The van der Waals surface area contributed by atoms with Gasteiger partial charge in [-0.25, -0.2) is 13.8 Å². The first-order valence-corrected chi connectivity index (χ1v) is 11.1. The van der Waals surface area contributed by atoms with Gasteiger partial charge < -0.3 is 0 Å². The maximum absolute atomic E-state index is 12.4. The van der Waals surface area contributed by atoms with Crippen molar-refractivity contribution >= 4 is 56.7 Å². The van der Waals surface area contributed by atoms with E-state index in [0.29, 0.717) is 10.6 Å². The molecule has 0 saturated heterocycles. The highest BCUT2D eigenvalue weighted by molar-refractivity contribution is 7.92. The maximum Gasteiger partial charge on any atom is 0.288 e. The molecule has 3 aromatic rings. The molecule has 0 aromatic heterocycles. The van der Waals surface area contributed by atoms with E-state index in [9.17, 15) is 23.3 Å². The van der Waals surface area contributed by atoms with E-state index >= 15 is 0 Å². The van der Waals surface area contributed by atoms with E-state index in [4.69, 9.17) is 23.2 Å². The average Bonchev–Trinajstić information content (AvgIpc) is 2.75. The highest BCUT2D eigenvalue weighted by Crippen LogP contribution is 2.24. The van der Waals surface area contributed by atoms with Crippen molar-refractivity contribution in [3.05, 3.63) is 98.0 Å². The van der Waals surface area contributed by atoms with Crippen molar-refractivity contribution in [2.75, 3.05) is 4.72 Å². The molecular weight excluding hydrogens is 479 g/mol. The Kier molecular flexibility index (Phi) is 7.08. The van der Waals surface area contributed by atoms with Gasteiger partial charge in [0.05, 0.1) is 16.0 Å². The Labute approximate surface area is 192 Å². The van der Waals surface area contributed by atoms with Crippen LogP contribution in [0.2, 0.25) is 10.0 Å². The second-order valence-corrected chi connectivity index (χ2v) is 8.83. The number of amides is 1. The molecule has 0 fully saturated rings. The number of anilines is 1. The summed E-state index contributed by atoms with van der Waals surface area (Å²) in [4.78, 5) is 22.5. The van der Waals surface area contributed by atoms with Crippen LogP contribution in [0.1, 0.15) is 15.9 Å². The van der Waals surface area contributed by atoms with E-state index in [1.54, 1.807) is 0 Å². The van der Waals surface area contributed by atoms with E-state index in [-0.39, 0.29) is 26.9 Å². The normalized spacial score (nSPS) is 11.3. The van der Waals surface area contributed by atoms with Crippen LogP contribution in [0.3, 0.4) is 0 Å². The number of nitro benzene ring substituents is 1. The number of nitrogens with one attached hydrogen (secondary N) is 2. The Morgan fingerprint density at radius 1 is 1.00 bits per heavy atom. The molecule has 9 nitrogen and oxygen atoms in total. The fraction of sp³-hybridized carbons (Fsp3) is 0. The van der Waals surface area contributed by atoms with Crippen molar-refractivity contribution < 1.29 is 18.1 Å². The molecule has 0 heterocycles. The summed E-state index contributed by atoms with van der Waals surface area (Å²) < 4.78 is 27.2.